The molecule has 0 amide bonds. The summed E-state index contributed by atoms with van der Waals surface area (Å²) in [5, 5.41) is 14.3. The summed E-state index contributed by atoms with van der Waals surface area (Å²) < 4.78 is 5.67. The number of nitrogens with one attached hydrogen (secondary N) is 1. The molecule has 0 fully saturated rings. The highest BCUT2D eigenvalue weighted by molar-refractivity contribution is 5.99. The number of rotatable bonds is 2. The van der Waals surface area contributed by atoms with Crippen LogP contribution in [0.3, 0.4) is 0 Å². The fourth-order valence-corrected chi connectivity index (χ4v) is 2.19. The molecule has 2 unspecified atom stereocenters. The highest BCUT2D eigenvalue weighted by Gasteiger charge is 2.30. The van der Waals surface area contributed by atoms with Crippen LogP contribution in [0.1, 0.15) is 5.56 Å². The van der Waals surface area contributed by atoms with Crippen molar-refractivity contribution in [2.75, 3.05) is 7.05 Å². The lowest BCUT2D eigenvalue weighted by Gasteiger charge is -2.11. The van der Waals surface area contributed by atoms with E-state index in [1.807, 2.05) is 36.4 Å². The third-order valence-electron chi connectivity index (χ3n) is 3.19. The zero-order chi connectivity index (χ0) is 13.2. The molecule has 2 aromatic carbocycles. The van der Waals surface area contributed by atoms with Crippen molar-refractivity contribution in [3.05, 3.63) is 48.0 Å². The highest BCUT2D eigenvalue weighted by Crippen LogP contribution is 2.20. The van der Waals surface area contributed by atoms with Gasteiger partial charge in [-0.2, -0.15) is 5.26 Å². The zero-order valence-electron chi connectivity index (χ0n) is 10.5. The second-order valence-electron chi connectivity index (χ2n) is 4.40. The van der Waals surface area contributed by atoms with Gasteiger partial charge >= 0.3 is 0 Å². The number of likely N-dealkylation sites (N-methyl/N-ethyl adjacent to an activating group) is 1. The first kappa shape index (κ1) is 11.7. The molecule has 2 atom stereocenters. The Hall–Kier alpha value is -2.38. The number of fused-ring (bicyclic) bond motifs is 1. The molecule has 0 bridgehead atoms. The lowest BCUT2D eigenvalue weighted by atomic mass is 10.1. The van der Waals surface area contributed by atoms with Crippen LogP contribution in [0.4, 0.5) is 0 Å². The molecule has 1 heterocycles. The van der Waals surface area contributed by atoms with E-state index in [1.165, 1.54) is 5.39 Å². The second kappa shape index (κ2) is 4.71. The van der Waals surface area contributed by atoms with E-state index < -0.39 is 6.04 Å². The molecule has 94 valence electrons. The number of aliphatic imine (C=N–C) groups is 1. The Morgan fingerprint density at radius 3 is 2.68 bits per heavy atom. The van der Waals surface area contributed by atoms with Gasteiger partial charge in [0.25, 0.3) is 0 Å². The molecule has 1 aliphatic heterocycles. The van der Waals surface area contributed by atoms with Crippen molar-refractivity contribution in [3.63, 3.8) is 0 Å². The summed E-state index contributed by atoms with van der Waals surface area (Å²) >= 11 is 0. The number of hydrogen-bond acceptors (Lipinski definition) is 4. The Morgan fingerprint density at radius 2 is 2.00 bits per heavy atom. The minimum atomic E-state index is -0.494. The molecule has 0 spiro atoms. The molecule has 0 saturated heterocycles. The molecule has 3 rings (SSSR count). The third kappa shape index (κ3) is 2.05. The Bertz CT molecular complexity index is 687. The number of nitriles is 1. The average Bonchev–Trinajstić information content (AvgIpc) is 2.90. The van der Waals surface area contributed by atoms with Crippen LogP contribution in [0.2, 0.25) is 0 Å². The maximum Gasteiger partial charge on any atom is 0.219 e. The maximum absolute atomic E-state index is 9.03. The Morgan fingerprint density at radius 1 is 1.21 bits per heavy atom. The van der Waals surface area contributed by atoms with Crippen molar-refractivity contribution in [1.82, 2.24) is 5.32 Å². The number of ether oxygens (including phenoxy) is 1. The van der Waals surface area contributed by atoms with E-state index in [0.29, 0.717) is 5.90 Å². The van der Waals surface area contributed by atoms with Gasteiger partial charge in [-0.15, -0.1) is 0 Å². The Labute approximate surface area is 111 Å². The van der Waals surface area contributed by atoms with Crippen LogP contribution in [-0.4, -0.2) is 25.2 Å². The van der Waals surface area contributed by atoms with Crippen LogP contribution in [0, 0.1) is 11.3 Å². The predicted molar refractivity (Wildman–Crippen MR) is 73.8 cm³/mol. The summed E-state index contributed by atoms with van der Waals surface area (Å²) in [5.41, 5.74) is 0.900. The van der Waals surface area contributed by atoms with E-state index in [-0.39, 0.29) is 6.23 Å². The monoisotopic (exact) mass is 251 g/mol. The van der Waals surface area contributed by atoms with Gasteiger partial charge in [0.1, 0.15) is 0 Å². The van der Waals surface area contributed by atoms with Gasteiger partial charge in [-0.05, 0) is 30.0 Å². The summed E-state index contributed by atoms with van der Waals surface area (Å²) in [4.78, 5) is 4.31. The van der Waals surface area contributed by atoms with Crippen molar-refractivity contribution in [2.45, 2.75) is 12.3 Å². The molecule has 1 aliphatic rings. The van der Waals surface area contributed by atoms with Gasteiger partial charge in [-0.3, -0.25) is 5.32 Å². The van der Waals surface area contributed by atoms with Gasteiger partial charge in [-0.25, -0.2) is 4.99 Å². The molecule has 1 N–H and O–H groups in total. The van der Waals surface area contributed by atoms with E-state index in [9.17, 15) is 0 Å². The summed E-state index contributed by atoms with van der Waals surface area (Å²) in [6.45, 7) is 0. The smallest absolute Gasteiger partial charge is 0.219 e. The van der Waals surface area contributed by atoms with Crippen LogP contribution < -0.4 is 5.32 Å². The summed E-state index contributed by atoms with van der Waals surface area (Å²) in [5.74, 6) is 0.525. The van der Waals surface area contributed by atoms with Crippen LogP contribution in [-0.2, 0) is 4.74 Å². The topological polar surface area (TPSA) is 57.4 Å². The van der Waals surface area contributed by atoms with Crippen molar-refractivity contribution >= 4 is 16.7 Å². The normalized spacial score (nSPS) is 21.8. The van der Waals surface area contributed by atoms with E-state index in [2.05, 4.69) is 22.4 Å². The van der Waals surface area contributed by atoms with Gasteiger partial charge in [0.2, 0.25) is 5.90 Å². The first-order chi connectivity index (χ1) is 9.31. The largest absolute Gasteiger partial charge is 0.455 e. The second-order valence-corrected chi connectivity index (χ2v) is 4.40. The Balaban J connectivity index is 1.99. The number of benzene rings is 2. The molecular formula is C15H13N3O. The van der Waals surface area contributed by atoms with Gasteiger partial charge in [-0.1, -0.05) is 30.3 Å². The molecule has 0 aromatic heterocycles. The van der Waals surface area contributed by atoms with Crippen molar-refractivity contribution in [3.8, 4) is 6.07 Å². The molecule has 4 nitrogen and oxygen atoms in total. The standard InChI is InChI=1S/C15H13N3O/c1-17-15-13(9-16)18-14(19-15)12-7-6-10-4-2-3-5-11(10)8-12/h2-8,13,15,17H,1H3. The zero-order valence-corrected chi connectivity index (χ0v) is 10.5. The molecule has 19 heavy (non-hydrogen) atoms. The van der Waals surface area contributed by atoms with Crippen LogP contribution >= 0.6 is 0 Å². The SMILES string of the molecule is CNC1OC(c2ccc3ccccc3c2)=NC1C#N. The van der Waals surface area contributed by atoms with E-state index in [4.69, 9.17) is 10.00 Å². The molecule has 0 radical (unpaired) electrons. The van der Waals surface area contributed by atoms with Gasteiger partial charge in [0.15, 0.2) is 12.3 Å². The Kier molecular flexibility index (Phi) is 2.90. The van der Waals surface area contributed by atoms with Crippen molar-refractivity contribution in [2.24, 2.45) is 4.99 Å². The fourth-order valence-electron chi connectivity index (χ4n) is 2.19. The van der Waals surface area contributed by atoms with Crippen LogP contribution in [0.5, 0.6) is 0 Å². The maximum atomic E-state index is 9.03. The van der Waals surface area contributed by atoms with E-state index in [1.54, 1.807) is 7.05 Å². The van der Waals surface area contributed by atoms with E-state index >= 15 is 0 Å². The number of hydrogen-bond donors (Lipinski definition) is 1. The molecule has 0 saturated carbocycles. The quantitative estimate of drug-likeness (QED) is 0.888. The third-order valence-corrected chi connectivity index (χ3v) is 3.19. The van der Waals surface area contributed by atoms with Gasteiger partial charge in [0, 0.05) is 5.56 Å². The first-order valence-electron chi connectivity index (χ1n) is 6.12. The summed E-state index contributed by atoms with van der Waals surface area (Å²) in [6.07, 6.45) is -0.369. The molecular weight excluding hydrogens is 238 g/mol. The van der Waals surface area contributed by atoms with Crippen LogP contribution in [0.25, 0.3) is 10.8 Å². The lowest BCUT2D eigenvalue weighted by molar-refractivity contribution is 0.179. The van der Waals surface area contributed by atoms with Crippen molar-refractivity contribution < 1.29 is 4.74 Å². The predicted octanol–water partition coefficient (Wildman–Crippen LogP) is 2.05. The minimum absolute atomic E-state index is 0.369. The average molecular weight is 251 g/mol. The van der Waals surface area contributed by atoms with Gasteiger partial charge in [0.05, 0.1) is 6.07 Å². The van der Waals surface area contributed by atoms with E-state index in [0.717, 1.165) is 10.9 Å². The van der Waals surface area contributed by atoms with Crippen LogP contribution in [0.15, 0.2) is 47.5 Å². The molecule has 2 aromatic rings. The van der Waals surface area contributed by atoms with Crippen molar-refractivity contribution in [1.29, 1.82) is 5.26 Å². The lowest BCUT2D eigenvalue weighted by Crippen LogP contribution is -2.34. The summed E-state index contributed by atoms with van der Waals surface area (Å²) in [7, 11) is 1.76. The molecule has 0 aliphatic carbocycles. The van der Waals surface area contributed by atoms with Gasteiger partial charge < -0.3 is 4.74 Å². The highest BCUT2D eigenvalue weighted by atomic mass is 16.5. The first-order valence-corrected chi connectivity index (χ1v) is 6.12. The minimum Gasteiger partial charge on any atom is -0.455 e. The number of nitrogens with zero attached hydrogens (tertiary/aromatic N) is 2. The fraction of sp³-hybridized carbons (Fsp3) is 0.200. The molecule has 4 heteroatoms. The summed E-state index contributed by atoms with van der Waals surface area (Å²) in [6, 6.07) is 15.8.